The van der Waals surface area contributed by atoms with Gasteiger partial charge < -0.3 is 15.7 Å². The lowest BCUT2D eigenvalue weighted by molar-refractivity contribution is 0.00561. The second-order valence-corrected chi connectivity index (χ2v) is 5.49. The second kappa shape index (κ2) is 4.61. The van der Waals surface area contributed by atoms with Crippen molar-refractivity contribution in [2.45, 2.75) is 49.9 Å². The third-order valence-corrected chi connectivity index (χ3v) is 4.46. The summed E-state index contributed by atoms with van der Waals surface area (Å²) in [5.41, 5.74) is 0. The molecule has 1 aliphatic carbocycles. The van der Waals surface area contributed by atoms with E-state index in [1.54, 1.807) is 0 Å². The Kier molecular flexibility index (Phi) is 3.16. The highest BCUT2D eigenvalue weighted by atomic mass is 16.3. The molecule has 4 nitrogen and oxygen atoms in total. The van der Waals surface area contributed by atoms with Crippen LogP contribution in [0.4, 0.5) is 0 Å². The molecule has 2 aliphatic heterocycles. The first kappa shape index (κ1) is 11.0. The molecule has 0 radical (unpaired) electrons. The first-order chi connectivity index (χ1) is 7.86. The zero-order chi connectivity index (χ0) is 11.0. The summed E-state index contributed by atoms with van der Waals surface area (Å²) in [5.74, 6) is 0. The molecular formula is C12H23N3O. The Morgan fingerprint density at radius 1 is 0.875 bits per heavy atom. The monoisotopic (exact) mass is 225 g/mol. The van der Waals surface area contributed by atoms with Crippen LogP contribution in [0.3, 0.4) is 0 Å². The molecule has 0 unspecified atom stereocenters. The minimum Gasteiger partial charge on any atom is -0.390 e. The SMILES string of the molecule is O[C@@H]1CNC[C@H]1N(C1CCCC1)C1CNC1. The lowest BCUT2D eigenvalue weighted by Gasteiger charge is -2.46. The van der Waals surface area contributed by atoms with E-state index in [0.29, 0.717) is 12.1 Å². The van der Waals surface area contributed by atoms with E-state index in [9.17, 15) is 5.11 Å². The van der Waals surface area contributed by atoms with Gasteiger partial charge in [0.2, 0.25) is 0 Å². The fourth-order valence-corrected chi connectivity index (χ4v) is 3.48. The highest BCUT2D eigenvalue weighted by Gasteiger charge is 2.41. The van der Waals surface area contributed by atoms with Gasteiger partial charge in [-0.25, -0.2) is 0 Å². The van der Waals surface area contributed by atoms with Gasteiger partial charge in [0.25, 0.3) is 0 Å². The molecule has 0 aromatic carbocycles. The molecule has 2 saturated heterocycles. The van der Waals surface area contributed by atoms with Crippen LogP contribution >= 0.6 is 0 Å². The quantitative estimate of drug-likeness (QED) is 0.608. The molecule has 4 heteroatoms. The zero-order valence-corrected chi connectivity index (χ0v) is 9.86. The predicted octanol–water partition coefficient (Wildman–Crippen LogP) is -0.464. The molecule has 2 atom stereocenters. The molecule has 3 fully saturated rings. The Balaban J connectivity index is 1.72. The Hall–Kier alpha value is -0.160. The molecule has 0 aromatic rings. The van der Waals surface area contributed by atoms with Crippen molar-refractivity contribution in [3.63, 3.8) is 0 Å². The van der Waals surface area contributed by atoms with Gasteiger partial charge in [-0.3, -0.25) is 4.90 Å². The summed E-state index contributed by atoms with van der Waals surface area (Å²) in [6.07, 6.45) is 5.25. The first-order valence-electron chi connectivity index (χ1n) is 6.73. The minimum atomic E-state index is -0.166. The van der Waals surface area contributed by atoms with Crippen LogP contribution in [0, 0.1) is 0 Å². The number of hydrogen-bond donors (Lipinski definition) is 3. The molecule has 92 valence electrons. The number of aliphatic hydroxyl groups is 1. The molecule has 1 saturated carbocycles. The predicted molar refractivity (Wildman–Crippen MR) is 63.4 cm³/mol. The van der Waals surface area contributed by atoms with E-state index in [4.69, 9.17) is 0 Å². The van der Waals surface area contributed by atoms with Crippen molar-refractivity contribution in [2.24, 2.45) is 0 Å². The zero-order valence-electron chi connectivity index (χ0n) is 9.86. The van der Waals surface area contributed by atoms with Crippen LogP contribution in [0.2, 0.25) is 0 Å². The number of nitrogens with zero attached hydrogens (tertiary/aromatic N) is 1. The van der Waals surface area contributed by atoms with E-state index in [2.05, 4.69) is 15.5 Å². The standard InChI is InChI=1S/C12H23N3O/c16-12-8-14-7-11(12)15(10-5-13-6-10)9-3-1-2-4-9/h9-14,16H,1-8H2/t11-,12-/m1/s1. The molecular weight excluding hydrogens is 202 g/mol. The maximum absolute atomic E-state index is 10.1. The average Bonchev–Trinajstić information content (AvgIpc) is 2.82. The lowest BCUT2D eigenvalue weighted by Crippen LogP contribution is -2.64. The molecule has 0 bridgehead atoms. The summed E-state index contributed by atoms with van der Waals surface area (Å²) in [6.45, 7) is 3.96. The van der Waals surface area contributed by atoms with E-state index in [0.717, 1.165) is 32.2 Å². The van der Waals surface area contributed by atoms with E-state index in [-0.39, 0.29) is 6.10 Å². The lowest BCUT2D eigenvalue weighted by atomic mass is 10.0. The molecule has 3 aliphatic rings. The Labute approximate surface area is 97.4 Å². The smallest absolute Gasteiger partial charge is 0.0832 e. The summed E-state index contributed by atoms with van der Waals surface area (Å²) in [5, 5.41) is 16.7. The van der Waals surface area contributed by atoms with Crippen molar-refractivity contribution >= 4 is 0 Å². The van der Waals surface area contributed by atoms with Gasteiger partial charge in [0, 0.05) is 44.3 Å². The van der Waals surface area contributed by atoms with Crippen LogP contribution in [0.1, 0.15) is 25.7 Å². The van der Waals surface area contributed by atoms with E-state index in [1.807, 2.05) is 0 Å². The number of aliphatic hydroxyl groups excluding tert-OH is 1. The first-order valence-corrected chi connectivity index (χ1v) is 6.73. The number of rotatable bonds is 3. The van der Waals surface area contributed by atoms with Gasteiger partial charge in [0.15, 0.2) is 0 Å². The summed E-state index contributed by atoms with van der Waals surface area (Å²) >= 11 is 0. The van der Waals surface area contributed by atoms with Crippen molar-refractivity contribution in [1.82, 2.24) is 15.5 Å². The third kappa shape index (κ3) is 1.88. The van der Waals surface area contributed by atoms with Crippen LogP contribution in [0.25, 0.3) is 0 Å². The van der Waals surface area contributed by atoms with Crippen LogP contribution in [0.5, 0.6) is 0 Å². The van der Waals surface area contributed by atoms with E-state index in [1.165, 1.54) is 25.7 Å². The Morgan fingerprint density at radius 3 is 2.06 bits per heavy atom. The molecule has 0 amide bonds. The number of nitrogens with one attached hydrogen (secondary N) is 2. The molecule has 2 heterocycles. The number of hydrogen-bond acceptors (Lipinski definition) is 4. The van der Waals surface area contributed by atoms with Gasteiger partial charge in [-0.05, 0) is 12.8 Å². The van der Waals surface area contributed by atoms with Gasteiger partial charge >= 0.3 is 0 Å². The highest BCUT2D eigenvalue weighted by Crippen LogP contribution is 2.29. The van der Waals surface area contributed by atoms with E-state index < -0.39 is 0 Å². The van der Waals surface area contributed by atoms with Crippen molar-refractivity contribution in [3.8, 4) is 0 Å². The van der Waals surface area contributed by atoms with Gasteiger partial charge in [-0.15, -0.1) is 0 Å². The van der Waals surface area contributed by atoms with Crippen molar-refractivity contribution < 1.29 is 5.11 Å². The Morgan fingerprint density at radius 2 is 1.56 bits per heavy atom. The molecule has 3 rings (SSSR count). The molecule has 0 aromatic heterocycles. The summed E-state index contributed by atoms with van der Waals surface area (Å²) in [4.78, 5) is 2.63. The fraction of sp³-hybridized carbons (Fsp3) is 1.00. The maximum atomic E-state index is 10.1. The average molecular weight is 225 g/mol. The largest absolute Gasteiger partial charge is 0.390 e. The van der Waals surface area contributed by atoms with Crippen LogP contribution < -0.4 is 10.6 Å². The van der Waals surface area contributed by atoms with Crippen molar-refractivity contribution in [2.75, 3.05) is 26.2 Å². The summed E-state index contributed by atoms with van der Waals surface area (Å²) < 4.78 is 0. The van der Waals surface area contributed by atoms with Crippen LogP contribution in [-0.4, -0.2) is 60.4 Å². The van der Waals surface area contributed by atoms with Gasteiger partial charge in [0.1, 0.15) is 0 Å². The van der Waals surface area contributed by atoms with Crippen LogP contribution in [-0.2, 0) is 0 Å². The van der Waals surface area contributed by atoms with Crippen molar-refractivity contribution in [1.29, 1.82) is 0 Å². The summed E-state index contributed by atoms with van der Waals surface area (Å²) in [7, 11) is 0. The van der Waals surface area contributed by atoms with Gasteiger partial charge in [0.05, 0.1) is 6.10 Å². The van der Waals surface area contributed by atoms with Gasteiger partial charge in [-0.2, -0.15) is 0 Å². The number of β-amino-alcohol motifs (C(OH)–C–C–N with tert-alkyl or cyclic N) is 1. The summed E-state index contributed by atoms with van der Waals surface area (Å²) in [6, 6.07) is 1.75. The normalized spacial score (nSPS) is 37.1. The topological polar surface area (TPSA) is 47.5 Å². The van der Waals surface area contributed by atoms with Crippen molar-refractivity contribution in [3.05, 3.63) is 0 Å². The Bertz CT molecular complexity index is 238. The fourth-order valence-electron chi connectivity index (χ4n) is 3.48. The third-order valence-electron chi connectivity index (χ3n) is 4.46. The van der Waals surface area contributed by atoms with Crippen LogP contribution in [0.15, 0.2) is 0 Å². The highest BCUT2D eigenvalue weighted by molar-refractivity contribution is 4.99. The minimum absolute atomic E-state index is 0.166. The molecule has 16 heavy (non-hydrogen) atoms. The maximum Gasteiger partial charge on any atom is 0.0832 e. The van der Waals surface area contributed by atoms with E-state index >= 15 is 0 Å². The molecule has 3 N–H and O–H groups in total. The van der Waals surface area contributed by atoms with Gasteiger partial charge in [-0.1, -0.05) is 12.8 Å². The molecule has 0 spiro atoms. The second-order valence-electron chi connectivity index (χ2n) is 5.49.